The van der Waals surface area contributed by atoms with Gasteiger partial charge in [-0.25, -0.2) is 0 Å². The summed E-state index contributed by atoms with van der Waals surface area (Å²) in [5, 5.41) is 9.53. The van der Waals surface area contributed by atoms with Crippen LogP contribution < -0.4 is 0 Å². The number of nitrogens with zero attached hydrogens (tertiary/aromatic N) is 1. The number of likely N-dealkylation sites (tertiary alicyclic amines) is 1. The van der Waals surface area contributed by atoms with Crippen LogP contribution in [-0.2, 0) is 14.3 Å². The molecule has 114 valence electrons. The van der Waals surface area contributed by atoms with Crippen molar-refractivity contribution in [2.75, 3.05) is 20.2 Å². The average molecular weight is 283 g/mol. The summed E-state index contributed by atoms with van der Waals surface area (Å²) in [5.74, 6) is -0.791. The predicted octanol–water partition coefficient (Wildman–Crippen LogP) is 2.05. The van der Waals surface area contributed by atoms with Crippen LogP contribution in [0.3, 0.4) is 0 Å². The van der Waals surface area contributed by atoms with Crippen molar-refractivity contribution in [1.29, 1.82) is 0 Å². The molecule has 0 unspecified atom stereocenters. The third-order valence-electron chi connectivity index (χ3n) is 4.88. The van der Waals surface area contributed by atoms with Crippen LogP contribution in [0.5, 0.6) is 0 Å². The van der Waals surface area contributed by atoms with E-state index in [4.69, 9.17) is 4.74 Å². The monoisotopic (exact) mass is 283 g/mol. The van der Waals surface area contributed by atoms with Gasteiger partial charge in [-0.2, -0.15) is 0 Å². The molecule has 0 aromatic rings. The molecule has 1 saturated heterocycles. The Kier molecular flexibility index (Phi) is 5.02. The molecule has 0 spiro atoms. The molecule has 0 radical (unpaired) electrons. The minimum absolute atomic E-state index is 0.00357. The van der Waals surface area contributed by atoms with Crippen LogP contribution in [-0.4, -0.2) is 48.2 Å². The third kappa shape index (κ3) is 3.32. The lowest BCUT2D eigenvalue weighted by Crippen LogP contribution is -2.45. The van der Waals surface area contributed by atoms with Crippen LogP contribution in [0.4, 0.5) is 0 Å². The van der Waals surface area contributed by atoms with Gasteiger partial charge in [0.2, 0.25) is 5.91 Å². The molecule has 1 heterocycles. The molecule has 1 amide bonds. The van der Waals surface area contributed by atoms with Crippen LogP contribution in [0.2, 0.25) is 0 Å². The van der Waals surface area contributed by atoms with Gasteiger partial charge in [-0.05, 0) is 25.7 Å². The number of carbonyl (C=O) groups is 2. The molecular weight excluding hydrogens is 258 g/mol. The van der Waals surface area contributed by atoms with Gasteiger partial charge in [-0.3, -0.25) is 9.59 Å². The Labute approximate surface area is 120 Å². The number of carboxylic acid groups (broad SMARTS) is 1. The Balaban J connectivity index is 1.94. The highest BCUT2D eigenvalue weighted by Crippen LogP contribution is 2.40. The first-order valence-electron chi connectivity index (χ1n) is 7.61. The first-order chi connectivity index (χ1) is 9.57. The summed E-state index contributed by atoms with van der Waals surface area (Å²) < 4.78 is 5.30. The summed E-state index contributed by atoms with van der Waals surface area (Å²) in [4.78, 5) is 25.8. The molecular formula is C15H25NO4. The molecule has 1 N–H and O–H groups in total. The van der Waals surface area contributed by atoms with E-state index in [9.17, 15) is 14.7 Å². The van der Waals surface area contributed by atoms with Crippen LogP contribution in [0.15, 0.2) is 0 Å². The second kappa shape index (κ2) is 6.57. The summed E-state index contributed by atoms with van der Waals surface area (Å²) in [7, 11) is 1.70. The molecule has 0 aromatic carbocycles. The molecule has 1 aliphatic carbocycles. The molecule has 1 aliphatic heterocycles. The van der Waals surface area contributed by atoms with Crippen LogP contribution in [0, 0.1) is 5.41 Å². The molecule has 0 bridgehead atoms. The van der Waals surface area contributed by atoms with Gasteiger partial charge in [0, 0.05) is 26.6 Å². The number of amides is 1. The zero-order valence-corrected chi connectivity index (χ0v) is 12.3. The van der Waals surface area contributed by atoms with Crippen molar-refractivity contribution in [2.45, 2.75) is 57.5 Å². The average Bonchev–Trinajstić information content (AvgIpc) is 2.48. The Morgan fingerprint density at radius 1 is 1.20 bits per heavy atom. The highest BCUT2D eigenvalue weighted by molar-refractivity contribution is 5.85. The molecule has 0 aromatic heterocycles. The minimum atomic E-state index is -0.812. The van der Waals surface area contributed by atoms with Crippen molar-refractivity contribution in [3.8, 4) is 0 Å². The SMILES string of the molecule is COC1CCN(C(=O)CC2(C(=O)O)CCCCC2)CC1. The van der Waals surface area contributed by atoms with E-state index in [-0.39, 0.29) is 18.4 Å². The second-order valence-electron chi connectivity index (χ2n) is 6.14. The summed E-state index contributed by atoms with van der Waals surface area (Å²) >= 11 is 0. The highest BCUT2D eigenvalue weighted by Gasteiger charge is 2.42. The van der Waals surface area contributed by atoms with Gasteiger partial charge in [0.05, 0.1) is 11.5 Å². The molecule has 1 saturated carbocycles. The van der Waals surface area contributed by atoms with Crippen LogP contribution in [0.25, 0.3) is 0 Å². The van der Waals surface area contributed by atoms with E-state index in [0.717, 1.165) is 32.1 Å². The largest absolute Gasteiger partial charge is 0.481 e. The maximum absolute atomic E-state index is 12.4. The lowest BCUT2D eigenvalue weighted by atomic mass is 9.71. The van der Waals surface area contributed by atoms with Gasteiger partial charge in [0.15, 0.2) is 0 Å². The Bertz CT molecular complexity index is 355. The van der Waals surface area contributed by atoms with Crippen LogP contribution >= 0.6 is 0 Å². The molecule has 2 aliphatic rings. The topological polar surface area (TPSA) is 66.8 Å². The smallest absolute Gasteiger partial charge is 0.310 e. The minimum Gasteiger partial charge on any atom is -0.481 e. The standard InChI is InChI=1S/C15H25NO4/c1-20-12-5-9-16(10-6-12)13(17)11-15(14(18)19)7-3-2-4-8-15/h12H,2-11H2,1H3,(H,18,19). The summed E-state index contributed by atoms with van der Waals surface area (Å²) in [6.45, 7) is 1.38. The fourth-order valence-electron chi connectivity index (χ4n) is 3.44. The first-order valence-corrected chi connectivity index (χ1v) is 7.61. The highest BCUT2D eigenvalue weighted by atomic mass is 16.5. The maximum atomic E-state index is 12.4. The normalized spacial score (nSPS) is 23.6. The van der Waals surface area contributed by atoms with Crippen molar-refractivity contribution >= 4 is 11.9 Å². The van der Waals surface area contributed by atoms with Gasteiger partial charge in [0.1, 0.15) is 0 Å². The molecule has 2 rings (SSSR count). The number of rotatable bonds is 4. The fourth-order valence-corrected chi connectivity index (χ4v) is 3.44. The molecule has 0 atom stereocenters. The Morgan fingerprint density at radius 3 is 2.30 bits per heavy atom. The number of hydrogen-bond donors (Lipinski definition) is 1. The predicted molar refractivity (Wildman–Crippen MR) is 74.4 cm³/mol. The number of carbonyl (C=O) groups excluding carboxylic acids is 1. The van der Waals surface area contributed by atoms with Crippen molar-refractivity contribution in [1.82, 2.24) is 4.90 Å². The van der Waals surface area contributed by atoms with Crippen molar-refractivity contribution in [3.05, 3.63) is 0 Å². The molecule has 5 heteroatoms. The number of hydrogen-bond acceptors (Lipinski definition) is 3. The zero-order valence-electron chi connectivity index (χ0n) is 12.3. The summed E-state index contributed by atoms with van der Waals surface area (Å²) in [5.41, 5.74) is -0.812. The number of aliphatic carboxylic acids is 1. The van der Waals surface area contributed by atoms with Gasteiger partial charge in [-0.15, -0.1) is 0 Å². The maximum Gasteiger partial charge on any atom is 0.310 e. The third-order valence-corrected chi connectivity index (χ3v) is 4.88. The fraction of sp³-hybridized carbons (Fsp3) is 0.867. The molecule has 2 fully saturated rings. The van der Waals surface area contributed by atoms with Crippen molar-refractivity contribution in [3.63, 3.8) is 0 Å². The van der Waals surface area contributed by atoms with E-state index >= 15 is 0 Å². The zero-order chi connectivity index (χ0) is 14.6. The number of carboxylic acids is 1. The van der Waals surface area contributed by atoms with Crippen molar-refractivity contribution < 1.29 is 19.4 Å². The lowest BCUT2D eigenvalue weighted by molar-refractivity contribution is -0.156. The van der Waals surface area contributed by atoms with E-state index in [1.54, 1.807) is 7.11 Å². The lowest BCUT2D eigenvalue weighted by Gasteiger charge is -2.36. The number of piperidine rings is 1. The number of ether oxygens (including phenoxy) is 1. The van der Waals surface area contributed by atoms with E-state index in [1.807, 2.05) is 4.90 Å². The van der Waals surface area contributed by atoms with Crippen molar-refractivity contribution in [2.24, 2.45) is 5.41 Å². The van der Waals surface area contributed by atoms with Gasteiger partial charge in [-0.1, -0.05) is 19.3 Å². The van der Waals surface area contributed by atoms with E-state index in [2.05, 4.69) is 0 Å². The first kappa shape index (κ1) is 15.3. The summed E-state index contributed by atoms with van der Waals surface area (Å²) in [6.07, 6.45) is 6.32. The van der Waals surface area contributed by atoms with Crippen LogP contribution in [0.1, 0.15) is 51.4 Å². The molecule has 5 nitrogen and oxygen atoms in total. The quantitative estimate of drug-likeness (QED) is 0.857. The van der Waals surface area contributed by atoms with Gasteiger partial charge >= 0.3 is 5.97 Å². The van der Waals surface area contributed by atoms with E-state index < -0.39 is 11.4 Å². The van der Waals surface area contributed by atoms with Gasteiger partial charge in [0.25, 0.3) is 0 Å². The van der Waals surface area contributed by atoms with E-state index in [1.165, 1.54) is 0 Å². The summed E-state index contributed by atoms with van der Waals surface area (Å²) in [6, 6.07) is 0. The Hall–Kier alpha value is -1.10. The van der Waals surface area contributed by atoms with E-state index in [0.29, 0.717) is 25.9 Å². The molecule has 20 heavy (non-hydrogen) atoms. The van der Waals surface area contributed by atoms with Gasteiger partial charge < -0.3 is 14.7 Å². The number of methoxy groups -OCH3 is 1. The Morgan fingerprint density at radius 2 is 1.80 bits per heavy atom. The second-order valence-corrected chi connectivity index (χ2v) is 6.14.